The van der Waals surface area contributed by atoms with Gasteiger partial charge in [-0.3, -0.25) is 9.59 Å². The van der Waals surface area contributed by atoms with Gasteiger partial charge in [0, 0.05) is 18.1 Å². The fourth-order valence-electron chi connectivity index (χ4n) is 1.55. The first kappa shape index (κ1) is 15.2. The van der Waals surface area contributed by atoms with Gasteiger partial charge in [-0.1, -0.05) is 50.3 Å². The number of ketones is 1. The number of rotatable bonds is 6. The van der Waals surface area contributed by atoms with E-state index in [1.807, 2.05) is 24.3 Å². The minimum Gasteiger partial charge on any atom is -0.461 e. The van der Waals surface area contributed by atoms with Crippen LogP contribution < -0.4 is 0 Å². The van der Waals surface area contributed by atoms with Crippen LogP contribution in [0.1, 0.15) is 37.6 Å². The van der Waals surface area contributed by atoms with E-state index < -0.39 is 0 Å². The normalized spacial score (nSPS) is 11.5. The Labute approximate surface area is 114 Å². The zero-order chi connectivity index (χ0) is 14.3. The largest absolute Gasteiger partial charge is 0.461 e. The summed E-state index contributed by atoms with van der Waals surface area (Å²) in [5.74, 6) is -0.00490. The monoisotopic (exact) mass is 260 g/mol. The molecule has 0 N–H and O–H groups in total. The van der Waals surface area contributed by atoms with E-state index in [0.29, 0.717) is 17.1 Å². The van der Waals surface area contributed by atoms with Crippen molar-refractivity contribution in [3.05, 3.63) is 47.5 Å². The number of hydrogen-bond acceptors (Lipinski definition) is 3. The summed E-state index contributed by atoms with van der Waals surface area (Å²) in [7, 11) is 0. The quantitative estimate of drug-likeness (QED) is 0.447. The van der Waals surface area contributed by atoms with Gasteiger partial charge in [-0.25, -0.2) is 0 Å². The van der Waals surface area contributed by atoms with Gasteiger partial charge in [-0.15, -0.1) is 0 Å². The Morgan fingerprint density at radius 3 is 2.37 bits per heavy atom. The first-order chi connectivity index (χ1) is 9.00. The molecule has 102 valence electrons. The molecule has 1 aromatic carbocycles. The molecule has 0 amide bonds. The van der Waals surface area contributed by atoms with E-state index in [9.17, 15) is 9.59 Å². The third kappa shape index (κ3) is 5.51. The van der Waals surface area contributed by atoms with Gasteiger partial charge in [0.1, 0.15) is 6.61 Å². The first-order valence-electron chi connectivity index (χ1n) is 6.43. The van der Waals surface area contributed by atoms with Gasteiger partial charge in [0.25, 0.3) is 0 Å². The van der Waals surface area contributed by atoms with Crippen molar-refractivity contribution in [2.75, 3.05) is 6.61 Å². The van der Waals surface area contributed by atoms with Crippen molar-refractivity contribution in [3.8, 4) is 0 Å². The van der Waals surface area contributed by atoms with Crippen LogP contribution in [0.3, 0.4) is 0 Å². The predicted octanol–water partition coefficient (Wildman–Crippen LogP) is 3.40. The summed E-state index contributed by atoms with van der Waals surface area (Å²) in [5, 5.41) is 0. The van der Waals surface area contributed by atoms with Crippen LogP contribution in [0.5, 0.6) is 0 Å². The van der Waals surface area contributed by atoms with Crippen LogP contribution >= 0.6 is 0 Å². The second kappa shape index (κ2) is 7.52. The van der Waals surface area contributed by atoms with Crippen molar-refractivity contribution >= 4 is 11.8 Å². The Bertz CT molecular complexity index is 458. The third-order valence-electron chi connectivity index (χ3n) is 2.59. The first-order valence-corrected chi connectivity index (χ1v) is 6.43. The highest BCUT2D eigenvalue weighted by Gasteiger charge is 2.13. The molecule has 0 heterocycles. The van der Waals surface area contributed by atoms with Crippen molar-refractivity contribution in [3.63, 3.8) is 0 Å². The van der Waals surface area contributed by atoms with Gasteiger partial charge in [-0.05, 0) is 12.3 Å². The highest BCUT2D eigenvalue weighted by Crippen LogP contribution is 2.12. The van der Waals surface area contributed by atoms with Gasteiger partial charge < -0.3 is 4.74 Å². The number of esters is 1. The van der Waals surface area contributed by atoms with Crippen molar-refractivity contribution in [2.45, 2.75) is 27.2 Å². The second-order valence-electron chi connectivity index (χ2n) is 4.83. The molecular weight excluding hydrogens is 240 g/mol. The number of hydrogen-bond donors (Lipinski definition) is 0. The number of carbonyl (C=O) groups is 2. The van der Waals surface area contributed by atoms with Crippen LogP contribution in [-0.4, -0.2) is 18.4 Å². The van der Waals surface area contributed by atoms with Crippen LogP contribution in [-0.2, 0) is 9.53 Å². The minimum absolute atomic E-state index is 0.0375. The molecule has 0 aliphatic heterocycles. The summed E-state index contributed by atoms with van der Waals surface area (Å²) in [6.07, 6.45) is 2.65. The SMILES string of the molecule is CC(=O)OCC(=CCC(C)C)C(=O)c1ccccc1. The molecule has 0 saturated heterocycles. The van der Waals surface area contributed by atoms with E-state index in [-0.39, 0.29) is 18.4 Å². The van der Waals surface area contributed by atoms with Gasteiger partial charge in [0.2, 0.25) is 0 Å². The molecule has 0 saturated carbocycles. The average molecular weight is 260 g/mol. The van der Waals surface area contributed by atoms with E-state index in [0.717, 1.165) is 6.42 Å². The molecular formula is C16H20O3. The van der Waals surface area contributed by atoms with Crippen LogP contribution in [0.15, 0.2) is 42.0 Å². The standard InChI is InChI=1S/C16H20O3/c1-12(2)9-10-15(11-19-13(3)17)16(18)14-7-5-4-6-8-14/h4-8,10,12H,9,11H2,1-3H3. The number of ether oxygens (including phenoxy) is 1. The highest BCUT2D eigenvalue weighted by molar-refractivity contribution is 6.08. The molecule has 0 atom stereocenters. The number of allylic oxidation sites excluding steroid dienone is 1. The molecule has 3 heteroatoms. The second-order valence-corrected chi connectivity index (χ2v) is 4.83. The van der Waals surface area contributed by atoms with Gasteiger partial charge in [-0.2, -0.15) is 0 Å². The molecule has 0 unspecified atom stereocenters. The average Bonchev–Trinajstić information content (AvgIpc) is 2.38. The fourth-order valence-corrected chi connectivity index (χ4v) is 1.55. The highest BCUT2D eigenvalue weighted by atomic mass is 16.5. The third-order valence-corrected chi connectivity index (χ3v) is 2.59. The summed E-state index contributed by atoms with van der Waals surface area (Å²) in [4.78, 5) is 23.2. The minimum atomic E-state index is -0.378. The lowest BCUT2D eigenvalue weighted by molar-refractivity contribution is -0.139. The molecule has 0 aliphatic rings. The number of Topliss-reactive ketones (excluding diaryl/α,β-unsaturated/α-hetero) is 1. The maximum Gasteiger partial charge on any atom is 0.302 e. The Hall–Kier alpha value is -1.90. The summed E-state index contributed by atoms with van der Waals surface area (Å²) in [6.45, 7) is 5.53. The maximum absolute atomic E-state index is 12.3. The van der Waals surface area contributed by atoms with E-state index >= 15 is 0 Å². The Morgan fingerprint density at radius 2 is 1.84 bits per heavy atom. The lowest BCUT2D eigenvalue weighted by Gasteiger charge is -2.08. The lowest BCUT2D eigenvalue weighted by Crippen LogP contribution is -2.12. The van der Waals surface area contributed by atoms with Crippen LogP contribution in [0.2, 0.25) is 0 Å². The van der Waals surface area contributed by atoms with Crippen LogP contribution in [0.4, 0.5) is 0 Å². The van der Waals surface area contributed by atoms with Gasteiger partial charge in [0.05, 0.1) is 0 Å². The molecule has 0 aromatic heterocycles. The molecule has 0 fully saturated rings. The summed E-state index contributed by atoms with van der Waals surface area (Å²) < 4.78 is 4.95. The summed E-state index contributed by atoms with van der Waals surface area (Å²) in [5.41, 5.74) is 1.15. The molecule has 3 nitrogen and oxygen atoms in total. The van der Waals surface area contributed by atoms with Crippen LogP contribution in [0, 0.1) is 5.92 Å². The zero-order valence-electron chi connectivity index (χ0n) is 11.7. The Morgan fingerprint density at radius 1 is 1.21 bits per heavy atom. The van der Waals surface area contributed by atoms with E-state index in [1.54, 1.807) is 12.1 Å². The topological polar surface area (TPSA) is 43.4 Å². The van der Waals surface area contributed by atoms with E-state index in [1.165, 1.54) is 6.92 Å². The zero-order valence-corrected chi connectivity index (χ0v) is 11.7. The molecule has 19 heavy (non-hydrogen) atoms. The smallest absolute Gasteiger partial charge is 0.302 e. The molecule has 0 radical (unpaired) electrons. The van der Waals surface area contributed by atoms with Crippen molar-refractivity contribution in [2.24, 2.45) is 5.92 Å². The summed E-state index contributed by atoms with van der Waals surface area (Å²) >= 11 is 0. The molecule has 1 aromatic rings. The van der Waals surface area contributed by atoms with E-state index in [4.69, 9.17) is 4.74 Å². The van der Waals surface area contributed by atoms with Gasteiger partial charge >= 0.3 is 5.97 Å². The van der Waals surface area contributed by atoms with Crippen molar-refractivity contribution in [1.29, 1.82) is 0 Å². The number of benzene rings is 1. The number of carbonyl (C=O) groups excluding carboxylic acids is 2. The molecule has 1 rings (SSSR count). The molecule has 0 aliphatic carbocycles. The predicted molar refractivity (Wildman–Crippen MR) is 74.9 cm³/mol. The fraction of sp³-hybridized carbons (Fsp3) is 0.375. The van der Waals surface area contributed by atoms with Crippen molar-refractivity contribution < 1.29 is 14.3 Å². The summed E-state index contributed by atoms with van der Waals surface area (Å²) in [6, 6.07) is 9.03. The van der Waals surface area contributed by atoms with Crippen LogP contribution in [0.25, 0.3) is 0 Å². The van der Waals surface area contributed by atoms with Crippen molar-refractivity contribution in [1.82, 2.24) is 0 Å². The van der Waals surface area contributed by atoms with Gasteiger partial charge in [0.15, 0.2) is 5.78 Å². The Kier molecular flexibility index (Phi) is 6.00. The molecule has 0 bridgehead atoms. The maximum atomic E-state index is 12.3. The van der Waals surface area contributed by atoms with E-state index in [2.05, 4.69) is 13.8 Å². The molecule has 0 spiro atoms. The lowest BCUT2D eigenvalue weighted by atomic mass is 10.0. The Balaban J connectivity index is 2.86.